The number of carboxylic acids is 1. The van der Waals surface area contributed by atoms with Crippen molar-refractivity contribution in [3.8, 4) is 0 Å². The maximum atomic E-state index is 11.6. The molecule has 0 radical (unpaired) electrons. The van der Waals surface area contributed by atoms with Gasteiger partial charge in [-0.15, -0.1) is 11.3 Å². The fourth-order valence-electron chi connectivity index (χ4n) is 1.23. The zero-order valence-corrected chi connectivity index (χ0v) is 9.48. The Bertz CT molecular complexity index is 384. The van der Waals surface area contributed by atoms with E-state index in [1.54, 1.807) is 11.3 Å². The third kappa shape index (κ3) is 3.36. The molecule has 4 nitrogen and oxygen atoms in total. The molecule has 1 rings (SSSR count). The molecule has 0 aliphatic rings. The molecule has 0 aliphatic carbocycles. The number of carboxylic acid groups (broad SMARTS) is 1. The SMILES string of the molecule is Cc1cc(C(=O)NCCC(=O)O)c(C)s1. The normalized spacial score (nSPS) is 10.0. The number of carbonyl (C=O) groups is 2. The smallest absolute Gasteiger partial charge is 0.305 e. The maximum absolute atomic E-state index is 11.6. The third-order valence-electron chi connectivity index (χ3n) is 1.91. The van der Waals surface area contributed by atoms with E-state index in [2.05, 4.69) is 5.32 Å². The van der Waals surface area contributed by atoms with Gasteiger partial charge in [-0.2, -0.15) is 0 Å². The van der Waals surface area contributed by atoms with Gasteiger partial charge in [-0.25, -0.2) is 0 Å². The van der Waals surface area contributed by atoms with Crippen LogP contribution >= 0.6 is 11.3 Å². The summed E-state index contributed by atoms with van der Waals surface area (Å²) in [6, 6.07) is 1.82. The van der Waals surface area contributed by atoms with Crippen molar-refractivity contribution in [2.24, 2.45) is 0 Å². The van der Waals surface area contributed by atoms with Crippen LogP contribution in [-0.2, 0) is 4.79 Å². The van der Waals surface area contributed by atoms with Crippen molar-refractivity contribution in [3.05, 3.63) is 21.4 Å². The lowest BCUT2D eigenvalue weighted by Gasteiger charge is -2.01. The Kier molecular flexibility index (Phi) is 3.85. The number of rotatable bonds is 4. The highest BCUT2D eigenvalue weighted by atomic mass is 32.1. The summed E-state index contributed by atoms with van der Waals surface area (Å²) in [4.78, 5) is 23.8. The number of nitrogens with one attached hydrogen (secondary N) is 1. The molecular formula is C10H13NO3S. The van der Waals surface area contributed by atoms with E-state index in [4.69, 9.17) is 5.11 Å². The number of carbonyl (C=O) groups excluding carboxylic acids is 1. The molecule has 0 bridgehead atoms. The van der Waals surface area contributed by atoms with E-state index < -0.39 is 5.97 Å². The molecule has 1 amide bonds. The third-order valence-corrected chi connectivity index (χ3v) is 2.88. The molecule has 1 aromatic heterocycles. The van der Waals surface area contributed by atoms with Crippen LogP contribution in [0.5, 0.6) is 0 Å². The van der Waals surface area contributed by atoms with Crippen LogP contribution < -0.4 is 5.32 Å². The van der Waals surface area contributed by atoms with E-state index in [9.17, 15) is 9.59 Å². The summed E-state index contributed by atoms with van der Waals surface area (Å²) in [5.74, 6) is -1.10. The lowest BCUT2D eigenvalue weighted by molar-refractivity contribution is -0.136. The van der Waals surface area contributed by atoms with Crippen molar-refractivity contribution in [2.45, 2.75) is 20.3 Å². The second-order valence-corrected chi connectivity index (χ2v) is 4.69. The minimum absolute atomic E-state index is 0.0477. The van der Waals surface area contributed by atoms with Crippen molar-refractivity contribution in [1.29, 1.82) is 0 Å². The summed E-state index contributed by atoms with van der Waals surface area (Å²) < 4.78 is 0. The van der Waals surface area contributed by atoms with Gasteiger partial charge < -0.3 is 10.4 Å². The first kappa shape index (κ1) is 11.7. The van der Waals surface area contributed by atoms with Crippen molar-refractivity contribution in [1.82, 2.24) is 5.32 Å². The van der Waals surface area contributed by atoms with Crippen LogP contribution in [0.4, 0.5) is 0 Å². The lowest BCUT2D eigenvalue weighted by Crippen LogP contribution is -2.26. The van der Waals surface area contributed by atoms with Crippen molar-refractivity contribution >= 4 is 23.2 Å². The van der Waals surface area contributed by atoms with Gasteiger partial charge in [0.25, 0.3) is 5.91 Å². The average molecular weight is 227 g/mol. The molecule has 0 fully saturated rings. The summed E-state index contributed by atoms with van der Waals surface area (Å²) in [5.41, 5.74) is 0.642. The van der Waals surface area contributed by atoms with E-state index in [0.29, 0.717) is 5.56 Å². The average Bonchev–Trinajstić information content (AvgIpc) is 2.44. The summed E-state index contributed by atoms with van der Waals surface area (Å²) in [7, 11) is 0. The van der Waals surface area contributed by atoms with Gasteiger partial charge in [0, 0.05) is 16.3 Å². The molecular weight excluding hydrogens is 214 g/mol. The molecule has 0 saturated carbocycles. The highest BCUT2D eigenvalue weighted by molar-refractivity contribution is 7.12. The Hall–Kier alpha value is -1.36. The molecule has 0 aromatic carbocycles. The van der Waals surface area contributed by atoms with E-state index in [0.717, 1.165) is 9.75 Å². The largest absolute Gasteiger partial charge is 0.481 e. The van der Waals surface area contributed by atoms with Crippen LogP contribution in [0.2, 0.25) is 0 Å². The molecule has 0 aliphatic heterocycles. The van der Waals surface area contributed by atoms with Gasteiger partial charge in [0.05, 0.1) is 12.0 Å². The van der Waals surface area contributed by atoms with E-state index >= 15 is 0 Å². The second kappa shape index (κ2) is 4.93. The molecule has 15 heavy (non-hydrogen) atoms. The molecule has 2 N–H and O–H groups in total. The summed E-state index contributed by atoms with van der Waals surface area (Å²) in [6.45, 7) is 3.98. The fourth-order valence-corrected chi connectivity index (χ4v) is 2.16. The first-order valence-electron chi connectivity index (χ1n) is 4.57. The van der Waals surface area contributed by atoms with Gasteiger partial charge in [0.1, 0.15) is 0 Å². The minimum Gasteiger partial charge on any atom is -0.481 e. The molecule has 0 atom stereocenters. The second-order valence-electron chi connectivity index (χ2n) is 3.23. The Morgan fingerprint density at radius 2 is 2.13 bits per heavy atom. The highest BCUT2D eigenvalue weighted by Gasteiger charge is 2.11. The van der Waals surface area contributed by atoms with Crippen LogP contribution in [0, 0.1) is 13.8 Å². The Balaban J connectivity index is 2.54. The van der Waals surface area contributed by atoms with Gasteiger partial charge in [-0.05, 0) is 19.9 Å². The van der Waals surface area contributed by atoms with Crippen LogP contribution in [0.15, 0.2) is 6.07 Å². The molecule has 0 unspecified atom stereocenters. The Labute approximate surface area is 91.9 Å². The number of aliphatic carboxylic acids is 1. The lowest BCUT2D eigenvalue weighted by atomic mass is 10.2. The first-order valence-corrected chi connectivity index (χ1v) is 5.39. The monoisotopic (exact) mass is 227 g/mol. The molecule has 1 aromatic rings. The van der Waals surface area contributed by atoms with Crippen molar-refractivity contribution < 1.29 is 14.7 Å². The molecule has 1 heterocycles. The van der Waals surface area contributed by atoms with Crippen LogP contribution in [-0.4, -0.2) is 23.5 Å². The Morgan fingerprint density at radius 3 is 2.60 bits per heavy atom. The summed E-state index contributed by atoms with van der Waals surface area (Å²) >= 11 is 1.56. The van der Waals surface area contributed by atoms with Crippen LogP contribution in [0.1, 0.15) is 26.5 Å². The predicted octanol–water partition coefficient (Wildman–Crippen LogP) is 1.57. The standard InChI is InChI=1S/C10H13NO3S/c1-6-5-8(7(2)15-6)10(14)11-4-3-9(12)13/h5H,3-4H2,1-2H3,(H,11,14)(H,12,13). The predicted molar refractivity (Wildman–Crippen MR) is 58.4 cm³/mol. The zero-order chi connectivity index (χ0) is 11.4. The molecule has 5 heteroatoms. The van der Waals surface area contributed by atoms with Gasteiger partial charge >= 0.3 is 5.97 Å². The van der Waals surface area contributed by atoms with Gasteiger partial charge in [-0.3, -0.25) is 9.59 Å². The maximum Gasteiger partial charge on any atom is 0.305 e. The van der Waals surface area contributed by atoms with Crippen LogP contribution in [0.3, 0.4) is 0 Å². The number of amides is 1. The van der Waals surface area contributed by atoms with E-state index in [1.165, 1.54) is 0 Å². The molecule has 0 spiro atoms. The molecule has 0 saturated heterocycles. The Morgan fingerprint density at radius 1 is 1.47 bits per heavy atom. The quantitative estimate of drug-likeness (QED) is 0.820. The van der Waals surface area contributed by atoms with Crippen molar-refractivity contribution in [3.63, 3.8) is 0 Å². The fraction of sp³-hybridized carbons (Fsp3) is 0.400. The first-order chi connectivity index (χ1) is 7.00. The summed E-state index contributed by atoms with van der Waals surface area (Å²) in [5, 5.41) is 11.0. The molecule has 82 valence electrons. The number of hydrogen-bond donors (Lipinski definition) is 2. The minimum atomic E-state index is -0.909. The summed E-state index contributed by atoms with van der Waals surface area (Å²) in [6.07, 6.45) is -0.0477. The van der Waals surface area contributed by atoms with Crippen LogP contribution in [0.25, 0.3) is 0 Å². The number of hydrogen-bond acceptors (Lipinski definition) is 3. The van der Waals surface area contributed by atoms with Gasteiger partial charge in [0.15, 0.2) is 0 Å². The number of aryl methyl sites for hydroxylation is 2. The highest BCUT2D eigenvalue weighted by Crippen LogP contribution is 2.20. The van der Waals surface area contributed by atoms with Gasteiger partial charge in [-0.1, -0.05) is 0 Å². The zero-order valence-electron chi connectivity index (χ0n) is 8.66. The topological polar surface area (TPSA) is 66.4 Å². The number of thiophene rings is 1. The van der Waals surface area contributed by atoms with E-state index in [1.807, 2.05) is 19.9 Å². The van der Waals surface area contributed by atoms with Crippen molar-refractivity contribution in [2.75, 3.05) is 6.54 Å². The van der Waals surface area contributed by atoms with E-state index in [-0.39, 0.29) is 18.9 Å². The van der Waals surface area contributed by atoms with Gasteiger partial charge in [0.2, 0.25) is 0 Å².